The van der Waals surface area contributed by atoms with Gasteiger partial charge in [-0.05, 0) is 63.6 Å². The molecule has 0 bridgehead atoms. The standard InChI is InChI=1S/C27H36ClN5O3/c1-5-14-33(25(35)22-8-6-7-9-23(22)28)19-24(34)29-20-10-12-21(13-11-20)31-15-17-32(18-16-31)26(36)30-27(2,3)4/h6-13H,5,14-19H2,1-4H3,(H,29,34)(H,30,36). The molecule has 0 atom stereocenters. The molecule has 0 aliphatic carbocycles. The predicted octanol–water partition coefficient (Wildman–Crippen LogP) is 4.46. The first-order chi connectivity index (χ1) is 17.1. The lowest BCUT2D eigenvalue weighted by Gasteiger charge is -2.37. The molecule has 9 heteroatoms. The van der Waals surface area contributed by atoms with Gasteiger partial charge in [-0.15, -0.1) is 0 Å². The smallest absolute Gasteiger partial charge is 0.317 e. The highest BCUT2D eigenvalue weighted by molar-refractivity contribution is 6.33. The second-order valence-electron chi connectivity index (χ2n) is 9.96. The fourth-order valence-corrected chi connectivity index (χ4v) is 4.24. The van der Waals surface area contributed by atoms with Gasteiger partial charge in [0.15, 0.2) is 0 Å². The Morgan fingerprint density at radius 3 is 2.19 bits per heavy atom. The molecule has 2 aromatic carbocycles. The van der Waals surface area contributed by atoms with Crippen molar-refractivity contribution in [2.24, 2.45) is 0 Å². The molecule has 1 aliphatic heterocycles. The Bertz CT molecular complexity index is 1060. The fourth-order valence-electron chi connectivity index (χ4n) is 4.02. The zero-order chi connectivity index (χ0) is 26.3. The van der Waals surface area contributed by atoms with Crippen LogP contribution in [-0.4, -0.2) is 72.5 Å². The van der Waals surface area contributed by atoms with Gasteiger partial charge in [0.1, 0.15) is 6.54 Å². The molecule has 2 N–H and O–H groups in total. The summed E-state index contributed by atoms with van der Waals surface area (Å²) < 4.78 is 0. The van der Waals surface area contributed by atoms with Crippen molar-refractivity contribution in [2.45, 2.75) is 39.7 Å². The van der Waals surface area contributed by atoms with Crippen LogP contribution < -0.4 is 15.5 Å². The van der Waals surface area contributed by atoms with Crippen LogP contribution in [0.25, 0.3) is 0 Å². The molecule has 0 saturated carbocycles. The normalized spacial score (nSPS) is 13.8. The number of halogens is 1. The number of nitrogens with zero attached hydrogens (tertiary/aromatic N) is 3. The van der Waals surface area contributed by atoms with Gasteiger partial charge in [-0.2, -0.15) is 0 Å². The van der Waals surface area contributed by atoms with E-state index in [0.717, 1.165) is 25.2 Å². The van der Waals surface area contributed by atoms with Crippen molar-refractivity contribution in [3.63, 3.8) is 0 Å². The van der Waals surface area contributed by atoms with Crippen LogP contribution in [-0.2, 0) is 4.79 Å². The molecule has 1 saturated heterocycles. The minimum atomic E-state index is -0.268. The Balaban J connectivity index is 1.54. The number of hydrogen-bond acceptors (Lipinski definition) is 4. The lowest BCUT2D eigenvalue weighted by Crippen LogP contribution is -2.55. The predicted molar refractivity (Wildman–Crippen MR) is 145 cm³/mol. The molecule has 0 aromatic heterocycles. The number of urea groups is 1. The third kappa shape index (κ3) is 7.62. The highest BCUT2D eigenvalue weighted by Gasteiger charge is 2.24. The molecule has 3 rings (SSSR count). The van der Waals surface area contributed by atoms with Gasteiger partial charge in [-0.1, -0.05) is 30.7 Å². The Morgan fingerprint density at radius 2 is 1.61 bits per heavy atom. The summed E-state index contributed by atoms with van der Waals surface area (Å²) in [6, 6.07) is 14.4. The van der Waals surface area contributed by atoms with Crippen molar-refractivity contribution in [3.05, 3.63) is 59.1 Å². The van der Waals surface area contributed by atoms with E-state index in [0.29, 0.717) is 35.9 Å². The van der Waals surface area contributed by atoms with Crippen molar-refractivity contribution in [2.75, 3.05) is 49.5 Å². The number of anilines is 2. The van der Waals surface area contributed by atoms with E-state index in [1.165, 1.54) is 4.90 Å². The van der Waals surface area contributed by atoms with Crippen LogP contribution in [0.2, 0.25) is 5.02 Å². The molecule has 0 unspecified atom stereocenters. The Morgan fingerprint density at radius 1 is 0.972 bits per heavy atom. The molecule has 1 aliphatic rings. The number of carbonyl (C=O) groups excluding carboxylic acids is 3. The maximum Gasteiger partial charge on any atom is 0.317 e. The first-order valence-corrected chi connectivity index (χ1v) is 12.7. The SMILES string of the molecule is CCCN(CC(=O)Nc1ccc(N2CCN(C(=O)NC(C)(C)C)CC2)cc1)C(=O)c1ccccc1Cl. The highest BCUT2D eigenvalue weighted by atomic mass is 35.5. The Labute approximate surface area is 218 Å². The zero-order valence-corrected chi connectivity index (χ0v) is 22.3. The molecule has 0 spiro atoms. The Hall–Kier alpha value is -3.26. The van der Waals surface area contributed by atoms with Crippen LogP contribution in [0.1, 0.15) is 44.5 Å². The van der Waals surface area contributed by atoms with Gasteiger partial charge in [-0.3, -0.25) is 9.59 Å². The molecular weight excluding hydrogens is 478 g/mol. The monoisotopic (exact) mass is 513 g/mol. The van der Waals surface area contributed by atoms with Crippen LogP contribution in [0.3, 0.4) is 0 Å². The first kappa shape index (κ1) is 27.3. The number of nitrogens with one attached hydrogen (secondary N) is 2. The number of piperazine rings is 1. The summed E-state index contributed by atoms with van der Waals surface area (Å²) in [6.07, 6.45) is 0.725. The maximum atomic E-state index is 12.9. The van der Waals surface area contributed by atoms with Gasteiger partial charge in [0.25, 0.3) is 5.91 Å². The van der Waals surface area contributed by atoms with E-state index >= 15 is 0 Å². The molecule has 8 nitrogen and oxygen atoms in total. The summed E-state index contributed by atoms with van der Waals surface area (Å²) in [5.74, 6) is -0.529. The summed E-state index contributed by atoms with van der Waals surface area (Å²) in [6.45, 7) is 11.0. The quantitative estimate of drug-likeness (QED) is 0.572. The summed E-state index contributed by atoms with van der Waals surface area (Å²) >= 11 is 6.18. The minimum Gasteiger partial charge on any atom is -0.368 e. The third-order valence-electron chi connectivity index (χ3n) is 5.78. The molecule has 2 aromatic rings. The molecule has 1 heterocycles. The van der Waals surface area contributed by atoms with Gasteiger partial charge < -0.3 is 25.3 Å². The summed E-state index contributed by atoms with van der Waals surface area (Å²) in [5.41, 5.74) is 1.82. The van der Waals surface area contributed by atoms with Crippen molar-refractivity contribution < 1.29 is 14.4 Å². The van der Waals surface area contributed by atoms with Crippen molar-refractivity contribution in [1.29, 1.82) is 0 Å². The van der Waals surface area contributed by atoms with Gasteiger partial charge in [0.05, 0.1) is 10.6 Å². The number of carbonyl (C=O) groups is 3. The second kappa shape index (κ2) is 12.1. The molecule has 4 amide bonds. The number of amides is 4. The molecular formula is C27H36ClN5O3. The van der Waals surface area contributed by atoms with Gasteiger partial charge in [0.2, 0.25) is 5.91 Å². The maximum absolute atomic E-state index is 12.9. The number of rotatable bonds is 7. The van der Waals surface area contributed by atoms with Crippen LogP contribution in [0.15, 0.2) is 48.5 Å². The molecule has 194 valence electrons. The Kier molecular flexibility index (Phi) is 9.20. The number of benzene rings is 2. The lowest BCUT2D eigenvalue weighted by atomic mass is 10.1. The van der Waals surface area contributed by atoms with E-state index in [9.17, 15) is 14.4 Å². The lowest BCUT2D eigenvalue weighted by molar-refractivity contribution is -0.116. The largest absolute Gasteiger partial charge is 0.368 e. The van der Waals surface area contributed by atoms with Crippen LogP contribution in [0.5, 0.6) is 0 Å². The summed E-state index contributed by atoms with van der Waals surface area (Å²) in [4.78, 5) is 43.6. The zero-order valence-electron chi connectivity index (χ0n) is 21.5. The fraction of sp³-hybridized carbons (Fsp3) is 0.444. The van der Waals surface area contributed by atoms with E-state index in [1.54, 1.807) is 24.3 Å². The van der Waals surface area contributed by atoms with Crippen molar-refractivity contribution >= 4 is 40.8 Å². The molecule has 1 fully saturated rings. The van der Waals surface area contributed by atoms with Crippen LogP contribution in [0, 0.1) is 0 Å². The third-order valence-corrected chi connectivity index (χ3v) is 6.11. The topological polar surface area (TPSA) is 85.0 Å². The van der Waals surface area contributed by atoms with E-state index < -0.39 is 0 Å². The first-order valence-electron chi connectivity index (χ1n) is 12.3. The van der Waals surface area contributed by atoms with E-state index in [-0.39, 0.29) is 29.9 Å². The number of hydrogen-bond donors (Lipinski definition) is 2. The average Bonchev–Trinajstić information content (AvgIpc) is 2.83. The minimum absolute atomic E-state index is 0.0367. The van der Waals surface area contributed by atoms with E-state index in [1.807, 2.05) is 56.9 Å². The second-order valence-corrected chi connectivity index (χ2v) is 10.4. The van der Waals surface area contributed by atoms with Gasteiger partial charge in [-0.25, -0.2) is 4.79 Å². The summed E-state index contributed by atoms with van der Waals surface area (Å²) in [7, 11) is 0. The molecule has 36 heavy (non-hydrogen) atoms. The average molecular weight is 514 g/mol. The molecule has 0 radical (unpaired) electrons. The van der Waals surface area contributed by atoms with Crippen molar-refractivity contribution in [1.82, 2.24) is 15.1 Å². The van der Waals surface area contributed by atoms with Crippen LogP contribution >= 0.6 is 11.6 Å². The summed E-state index contributed by atoms with van der Waals surface area (Å²) in [5, 5.41) is 6.26. The van der Waals surface area contributed by atoms with Crippen molar-refractivity contribution in [3.8, 4) is 0 Å². The van der Waals surface area contributed by atoms with Gasteiger partial charge in [0, 0.05) is 49.6 Å². The van der Waals surface area contributed by atoms with E-state index in [4.69, 9.17) is 11.6 Å². The van der Waals surface area contributed by atoms with Gasteiger partial charge >= 0.3 is 6.03 Å². The highest BCUT2D eigenvalue weighted by Crippen LogP contribution is 2.21. The van der Waals surface area contributed by atoms with Crippen LogP contribution in [0.4, 0.5) is 16.2 Å². The van der Waals surface area contributed by atoms with E-state index in [2.05, 4.69) is 15.5 Å².